The van der Waals surface area contributed by atoms with Gasteiger partial charge < -0.3 is 5.32 Å². The maximum atomic E-state index is 6.25. The molecule has 0 atom stereocenters. The number of halogens is 1. The molecule has 2 nitrogen and oxygen atoms in total. The molecular weight excluding hydrogens is 256 g/mol. The topological polar surface area (TPSA) is 24.9 Å². The highest BCUT2D eigenvalue weighted by Gasteiger charge is 2.41. The average molecular weight is 273 g/mol. The number of aromatic nitrogens is 1. The number of rotatable bonds is 4. The molecule has 1 aromatic heterocycles. The first-order valence-corrected chi connectivity index (χ1v) is 7.50. The van der Waals surface area contributed by atoms with Crippen molar-refractivity contribution in [3.8, 4) is 0 Å². The summed E-state index contributed by atoms with van der Waals surface area (Å²) in [5.74, 6) is 1.75. The van der Waals surface area contributed by atoms with Crippen molar-refractivity contribution in [2.24, 2.45) is 11.8 Å². The number of fused-ring (bicyclic) bond motifs is 1. The SMILES string of the molecule is Clc1ccc(NC(C2CC2)C2CC2)c2ncccc12. The number of pyridine rings is 1. The summed E-state index contributed by atoms with van der Waals surface area (Å²) in [6, 6.07) is 8.68. The number of anilines is 1. The van der Waals surface area contributed by atoms with Gasteiger partial charge in [0, 0.05) is 17.6 Å². The molecule has 2 saturated carbocycles. The summed E-state index contributed by atoms with van der Waals surface area (Å²) < 4.78 is 0. The molecule has 98 valence electrons. The molecule has 0 unspecified atom stereocenters. The number of nitrogens with zero attached hydrogens (tertiary/aromatic N) is 1. The number of hydrogen-bond donors (Lipinski definition) is 1. The van der Waals surface area contributed by atoms with Crippen LogP contribution in [0.1, 0.15) is 25.7 Å². The fourth-order valence-corrected chi connectivity index (χ4v) is 3.18. The van der Waals surface area contributed by atoms with Gasteiger partial charge in [-0.2, -0.15) is 0 Å². The molecule has 2 aromatic rings. The lowest BCUT2D eigenvalue weighted by atomic mass is 10.1. The molecule has 0 spiro atoms. The Balaban J connectivity index is 1.72. The maximum absolute atomic E-state index is 6.25. The summed E-state index contributed by atoms with van der Waals surface area (Å²) in [5.41, 5.74) is 2.14. The molecule has 4 rings (SSSR count). The molecule has 0 saturated heterocycles. The van der Waals surface area contributed by atoms with E-state index in [1.165, 1.54) is 25.7 Å². The van der Waals surface area contributed by atoms with Crippen LogP contribution in [0, 0.1) is 11.8 Å². The van der Waals surface area contributed by atoms with Gasteiger partial charge in [0.05, 0.1) is 16.2 Å². The second kappa shape index (κ2) is 4.38. The maximum Gasteiger partial charge on any atom is 0.0948 e. The molecule has 3 heteroatoms. The first-order chi connectivity index (χ1) is 9.33. The molecule has 1 heterocycles. The zero-order chi connectivity index (χ0) is 12.8. The van der Waals surface area contributed by atoms with E-state index in [2.05, 4.69) is 16.4 Å². The van der Waals surface area contributed by atoms with Crippen molar-refractivity contribution in [1.82, 2.24) is 4.98 Å². The van der Waals surface area contributed by atoms with E-state index in [1.807, 2.05) is 24.4 Å². The Labute approximate surface area is 118 Å². The Morgan fingerprint density at radius 1 is 1.11 bits per heavy atom. The lowest BCUT2D eigenvalue weighted by Gasteiger charge is -2.20. The van der Waals surface area contributed by atoms with Crippen molar-refractivity contribution < 1.29 is 0 Å². The lowest BCUT2D eigenvalue weighted by Crippen LogP contribution is -2.24. The molecule has 0 radical (unpaired) electrons. The molecule has 0 bridgehead atoms. The summed E-state index contributed by atoms with van der Waals surface area (Å²) in [6.07, 6.45) is 7.37. The van der Waals surface area contributed by atoms with Crippen molar-refractivity contribution in [3.63, 3.8) is 0 Å². The van der Waals surface area contributed by atoms with Crippen molar-refractivity contribution >= 4 is 28.2 Å². The van der Waals surface area contributed by atoms with E-state index in [0.717, 1.165) is 33.4 Å². The summed E-state index contributed by atoms with van der Waals surface area (Å²) in [7, 11) is 0. The summed E-state index contributed by atoms with van der Waals surface area (Å²) in [5, 5.41) is 5.57. The fourth-order valence-electron chi connectivity index (χ4n) is 2.97. The van der Waals surface area contributed by atoms with Crippen LogP contribution in [0.25, 0.3) is 10.9 Å². The van der Waals surface area contributed by atoms with E-state index in [0.29, 0.717) is 6.04 Å². The quantitative estimate of drug-likeness (QED) is 0.887. The average Bonchev–Trinajstić information content (AvgIpc) is 3.30. The van der Waals surface area contributed by atoms with Gasteiger partial charge in [0.25, 0.3) is 0 Å². The van der Waals surface area contributed by atoms with Gasteiger partial charge in [0.15, 0.2) is 0 Å². The largest absolute Gasteiger partial charge is 0.380 e. The molecule has 2 aliphatic carbocycles. The summed E-state index contributed by atoms with van der Waals surface area (Å²) in [6.45, 7) is 0. The highest BCUT2D eigenvalue weighted by Crippen LogP contribution is 2.46. The van der Waals surface area contributed by atoms with Crippen LogP contribution >= 0.6 is 11.6 Å². The van der Waals surface area contributed by atoms with Gasteiger partial charge in [-0.25, -0.2) is 0 Å². The predicted molar refractivity (Wildman–Crippen MR) is 79.6 cm³/mol. The molecule has 1 N–H and O–H groups in total. The van der Waals surface area contributed by atoms with Gasteiger partial charge in [0.1, 0.15) is 0 Å². The van der Waals surface area contributed by atoms with E-state index in [-0.39, 0.29) is 0 Å². The van der Waals surface area contributed by atoms with Crippen LogP contribution in [0.2, 0.25) is 5.02 Å². The Hall–Kier alpha value is -1.28. The van der Waals surface area contributed by atoms with Crippen molar-refractivity contribution in [3.05, 3.63) is 35.5 Å². The third-order valence-corrected chi connectivity index (χ3v) is 4.63. The Bertz CT molecular complexity index is 605. The van der Waals surface area contributed by atoms with E-state index in [1.54, 1.807) is 0 Å². The van der Waals surface area contributed by atoms with Crippen LogP contribution in [0.15, 0.2) is 30.5 Å². The molecule has 0 aliphatic heterocycles. The number of hydrogen-bond acceptors (Lipinski definition) is 2. The van der Waals surface area contributed by atoms with Crippen LogP contribution in [0.4, 0.5) is 5.69 Å². The molecule has 2 fully saturated rings. The summed E-state index contributed by atoms with van der Waals surface area (Å²) >= 11 is 6.25. The molecule has 19 heavy (non-hydrogen) atoms. The monoisotopic (exact) mass is 272 g/mol. The third-order valence-electron chi connectivity index (χ3n) is 4.30. The van der Waals surface area contributed by atoms with Crippen LogP contribution in [-0.4, -0.2) is 11.0 Å². The van der Waals surface area contributed by atoms with Crippen LogP contribution in [-0.2, 0) is 0 Å². The van der Waals surface area contributed by atoms with Crippen molar-refractivity contribution in [2.45, 2.75) is 31.7 Å². The van der Waals surface area contributed by atoms with Gasteiger partial charge in [-0.1, -0.05) is 11.6 Å². The van der Waals surface area contributed by atoms with E-state index in [4.69, 9.17) is 11.6 Å². The van der Waals surface area contributed by atoms with E-state index < -0.39 is 0 Å². The van der Waals surface area contributed by atoms with Crippen molar-refractivity contribution in [1.29, 1.82) is 0 Å². The van der Waals surface area contributed by atoms with Crippen molar-refractivity contribution in [2.75, 3.05) is 5.32 Å². The second-order valence-corrected chi connectivity index (χ2v) is 6.25. The van der Waals surface area contributed by atoms with Crippen LogP contribution in [0.5, 0.6) is 0 Å². The normalized spacial score (nSPS) is 19.1. The fraction of sp³-hybridized carbons (Fsp3) is 0.438. The molecule has 0 amide bonds. The zero-order valence-corrected chi connectivity index (χ0v) is 11.5. The Morgan fingerprint density at radius 2 is 1.84 bits per heavy atom. The second-order valence-electron chi connectivity index (χ2n) is 5.84. The van der Waals surface area contributed by atoms with Gasteiger partial charge in [-0.15, -0.1) is 0 Å². The van der Waals surface area contributed by atoms with Gasteiger partial charge in [0.2, 0.25) is 0 Å². The van der Waals surface area contributed by atoms with Gasteiger partial charge >= 0.3 is 0 Å². The highest BCUT2D eigenvalue weighted by atomic mass is 35.5. The minimum atomic E-state index is 0.645. The van der Waals surface area contributed by atoms with Crippen LogP contribution < -0.4 is 5.32 Å². The lowest BCUT2D eigenvalue weighted by molar-refractivity contribution is 0.568. The smallest absolute Gasteiger partial charge is 0.0948 e. The number of nitrogens with one attached hydrogen (secondary N) is 1. The Morgan fingerprint density at radius 3 is 2.53 bits per heavy atom. The standard InChI is InChI=1S/C16H17ClN2/c17-13-7-8-14(16-12(13)2-1-9-18-16)19-15(10-3-4-10)11-5-6-11/h1-2,7-11,15,19H,3-6H2. The van der Waals surface area contributed by atoms with E-state index in [9.17, 15) is 0 Å². The van der Waals surface area contributed by atoms with Crippen LogP contribution in [0.3, 0.4) is 0 Å². The number of benzene rings is 1. The summed E-state index contributed by atoms with van der Waals surface area (Å²) in [4.78, 5) is 4.51. The Kier molecular flexibility index (Phi) is 2.66. The predicted octanol–water partition coefficient (Wildman–Crippen LogP) is 4.49. The molecular formula is C16H17ClN2. The third kappa shape index (κ3) is 2.18. The van der Waals surface area contributed by atoms with Gasteiger partial charge in [-0.3, -0.25) is 4.98 Å². The minimum Gasteiger partial charge on any atom is -0.380 e. The zero-order valence-electron chi connectivity index (χ0n) is 10.8. The van der Waals surface area contributed by atoms with E-state index >= 15 is 0 Å². The minimum absolute atomic E-state index is 0.645. The molecule has 2 aliphatic rings. The molecule has 1 aromatic carbocycles. The first-order valence-electron chi connectivity index (χ1n) is 7.13. The highest BCUT2D eigenvalue weighted by molar-refractivity contribution is 6.35. The first kappa shape index (κ1) is 11.5. The van der Waals surface area contributed by atoms with Gasteiger partial charge in [-0.05, 0) is 61.8 Å².